The van der Waals surface area contributed by atoms with Crippen molar-refractivity contribution in [3.05, 3.63) is 29.8 Å². The first kappa shape index (κ1) is 17.0. The molecule has 0 fully saturated rings. The maximum absolute atomic E-state index is 11.8. The first-order valence-corrected chi connectivity index (χ1v) is 7.27. The van der Waals surface area contributed by atoms with Crippen molar-refractivity contribution in [3.8, 4) is 5.75 Å². The van der Waals surface area contributed by atoms with Crippen molar-refractivity contribution >= 4 is 11.9 Å². The number of benzene rings is 1. The molecule has 116 valence electrons. The lowest BCUT2D eigenvalue weighted by molar-refractivity contribution is -0.137. The normalized spacial score (nSPS) is 11.9. The molecule has 21 heavy (non-hydrogen) atoms. The quantitative estimate of drug-likeness (QED) is 0.652. The van der Waals surface area contributed by atoms with Gasteiger partial charge >= 0.3 is 5.97 Å². The Morgan fingerprint density at radius 3 is 2.43 bits per heavy atom. The van der Waals surface area contributed by atoms with Gasteiger partial charge in [-0.15, -0.1) is 0 Å². The molecular weight excluding hydrogens is 270 g/mol. The number of nitrogens with one attached hydrogen (secondary N) is 1. The fraction of sp³-hybridized carbons (Fsp3) is 0.500. The van der Waals surface area contributed by atoms with Gasteiger partial charge in [0.1, 0.15) is 5.75 Å². The molecule has 5 heteroatoms. The van der Waals surface area contributed by atoms with Gasteiger partial charge in [0.2, 0.25) is 5.91 Å². The van der Waals surface area contributed by atoms with E-state index in [1.165, 1.54) is 0 Å². The number of aromatic hydroxyl groups is 1. The van der Waals surface area contributed by atoms with Crippen LogP contribution in [0.25, 0.3) is 0 Å². The first-order chi connectivity index (χ1) is 10.0. The van der Waals surface area contributed by atoms with Crippen molar-refractivity contribution < 1.29 is 19.8 Å². The summed E-state index contributed by atoms with van der Waals surface area (Å²) in [5.41, 5.74) is 0.850. The average Bonchev–Trinajstić information content (AvgIpc) is 2.45. The third kappa shape index (κ3) is 7.34. The van der Waals surface area contributed by atoms with Crippen molar-refractivity contribution in [3.63, 3.8) is 0 Å². The third-order valence-corrected chi connectivity index (χ3v) is 3.52. The van der Waals surface area contributed by atoms with Gasteiger partial charge in [0.25, 0.3) is 0 Å². The van der Waals surface area contributed by atoms with Gasteiger partial charge in [-0.1, -0.05) is 25.5 Å². The number of aliphatic carboxylic acids is 1. The lowest BCUT2D eigenvalue weighted by Crippen LogP contribution is -2.27. The number of rotatable bonds is 9. The molecule has 0 saturated carbocycles. The van der Waals surface area contributed by atoms with Crippen LogP contribution in [0.4, 0.5) is 0 Å². The number of phenolic OH excluding ortho intramolecular Hbond substituents is 1. The molecule has 1 amide bonds. The van der Waals surface area contributed by atoms with Crippen LogP contribution in [0.15, 0.2) is 24.3 Å². The van der Waals surface area contributed by atoms with E-state index in [1.54, 1.807) is 24.3 Å². The number of carbonyl (C=O) groups excluding carboxylic acids is 1. The molecule has 1 aromatic carbocycles. The van der Waals surface area contributed by atoms with Gasteiger partial charge in [0, 0.05) is 13.0 Å². The molecule has 5 nitrogen and oxygen atoms in total. The zero-order valence-corrected chi connectivity index (χ0v) is 12.3. The standard InChI is InChI=1S/C16H23NO4/c1-2-12(5-8-16(20)21)9-10-17-15(19)11-13-3-6-14(18)7-4-13/h3-4,6-7,12,18H,2,5,8-11H2,1H3,(H,17,19)(H,20,21). The van der Waals surface area contributed by atoms with Crippen molar-refractivity contribution in [1.82, 2.24) is 5.32 Å². The zero-order valence-electron chi connectivity index (χ0n) is 12.3. The SMILES string of the molecule is CCC(CCNC(=O)Cc1ccc(O)cc1)CCC(=O)O. The number of amides is 1. The maximum Gasteiger partial charge on any atom is 0.303 e. The summed E-state index contributed by atoms with van der Waals surface area (Å²) in [6.45, 7) is 2.60. The highest BCUT2D eigenvalue weighted by atomic mass is 16.4. The minimum Gasteiger partial charge on any atom is -0.508 e. The number of carboxylic acid groups (broad SMARTS) is 1. The molecule has 3 N–H and O–H groups in total. The second-order valence-corrected chi connectivity index (χ2v) is 5.19. The molecule has 0 aliphatic carbocycles. The van der Waals surface area contributed by atoms with Crippen LogP contribution < -0.4 is 5.32 Å². The number of carbonyl (C=O) groups is 2. The van der Waals surface area contributed by atoms with E-state index in [1.807, 2.05) is 6.92 Å². The Kier molecular flexibility index (Phi) is 7.29. The number of hydrogen-bond donors (Lipinski definition) is 3. The summed E-state index contributed by atoms with van der Waals surface area (Å²) in [6.07, 6.45) is 2.83. The Morgan fingerprint density at radius 2 is 1.86 bits per heavy atom. The summed E-state index contributed by atoms with van der Waals surface area (Å²) in [6, 6.07) is 6.55. The molecule has 1 unspecified atom stereocenters. The molecule has 1 atom stereocenters. The molecule has 0 bridgehead atoms. The minimum atomic E-state index is -0.773. The molecule has 0 aromatic heterocycles. The summed E-state index contributed by atoms with van der Waals surface area (Å²) in [5.74, 6) is -0.322. The number of carboxylic acids is 1. The molecule has 0 saturated heterocycles. The van der Waals surface area contributed by atoms with E-state index in [0.29, 0.717) is 18.9 Å². The second-order valence-electron chi connectivity index (χ2n) is 5.19. The molecule has 1 rings (SSSR count). The summed E-state index contributed by atoms with van der Waals surface area (Å²) in [7, 11) is 0. The topological polar surface area (TPSA) is 86.6 Å². The molecular formula is C16H23NO4. The number of hydrogen-bond acceptors (Lipinski definition) is 3. The first-order valence-electron chi connectivity index (χ1n) is 7.27. The highest BCUT2D eigenvalue weighted by Gasteiger charge is 2.10. The maximum atomic E-state index is 11.8. The highest BCUT2D eigenvalue weighted by molar-refractivity contribution is 5.78. The Bertz CT molecular complexity index is 456. The summed E-state index contributed by atoms with van der Waals surface area (Å²) in [4.78, 5) is 22.3. The fourth-order valence-electron chi connectivity index (χ4n) is 2.16. The lowest BCUT2D eigenvalue weighted by Gasteiger charge is -2.14. The van der Waals surface area contributed by atoms with Gasteiger partial charge in [0.15, 0.2) is 0 Å². The minimum absolute atomic E-state index is 0.0613. The van der Waals surface area contributed by atoms with Crippen LogP contribution in [0.3, 0.4) is 0 Å². The van der Waals surface area contributed by atoms with Crippen LogP contribution in [0.5, 0.6) is 5.75 Å². The highest BCUT2D eigenvalue weighted by Crippen LogP contribution is 2.14. The van der Waals surface area contributed by atoms with Crippen molar-refractivity contribution in [1.29, 1.82) is 0 Å². The molecule has 0 heterocycles. The van der Waals surface area contributed by atoms with E-state index in [2.05, 4.69) is 5.32 Å². The Labute approximate surface area is 125 Å². The van der Waals surface area contributed by atoms with Crippen molar-refractivity contribution in [2.75, 3.05) is 6.54 Å². The molecule has 0 aliphatic rings. The van der Waals surface area contributed by atoms with Gasteiger partial charge in [-0.05, 0) is 36.5 Å². The largest absolute Gasteiger partial charge is 0.508 e. The van der Waals surface area contributed by atoms with Crippen LogP contribution in [-0.2, 0) is 16.0 Å². The van der Waals surface area contributed by atoms with E-state index in [9.17, 15) is 9.59 Å². The van der Waals surface area contributed by atoms with Gasteiger partial charge in [-0.2, -0.15) is 0 Å². The average molecular weight is 293 g/mol. The van der Waals surface area contributed by atoms with Gasteiger partial charge in [-0.25, -0.2) is 0 Å². The zero-order chi connectivity index (χ0) is 15.7. The molecule has 0 spiro atoms. The predicted octanol–water partition coefficient (Wildman–Crippen LogP) is 2.33. The molecule has 0 aliphatic heterocycles. The van der Waals surface area contributed by atoms with E-state index in [0.717, 1.165) is 18.4 Å². The van der Waals surface area contributed by atoms with Crippen LogP contribution in [0.1, 0.15) is 38.2 Å². The van der Waals surface area contributed by atoms with Crippen LogP contribution in [0.2, 0.25) is 0 Å². The Morgan fingerprint density at radius 1 is 1.19 bits per heavy atom. The van der Waals surface area contributed by atoms with E-state index < -0.39 is 5.97 Å². The smallest absolute Gasteiger partial charge is 0.303 e. The van der Waals surface area contributed by atoms with Crippen LogP contribution >= 0.6 is 0 Å². The van der Waals surface area contributed by atoms with Crippen molar-refractivity contribution in [2.45, 2.75) is 39.0 Å². The Balaban J connectivity index is 2.25. The summed E-state index contributed by atoms with van der Waals surface area (Å²) in [5, 5.41) is 20.7. The fourth-order valence-corrected chi connectivity index (χ4v) is 2.16. The predicted molar refractivity (Wildman–Crippen MR) is 80.1 cm³/mol. The summed E-state index contributed by atoms with van der Waals surface area (Å²) < 4.78 is 0. The van der Waals surface area contributed by atoms with E-state index >= 15 is 0 Å². The van der Waals surface area contributed by atoms with Crippen molar-refractivity contribution in [2.24, 2.45) is 5.92 Å². The van der Waals surface area contributed by atoms with E-state index in [-0.39, 0.29) is 24.5 Å². The molecule has 1 aromatic rings. The second kappa shape index (κ2) is 9.00. The monoisotopic (exact) mass is 293 g/mol. The Hall–Kier alpha value is -2.04. The van der Waals surface area contributed by atoms with E-state index in [4.69, 9.17) is 10.2 Å². The van der Waals surface area contributed by atoms with Crippen LogP contribution in [0, 0.1) is 5.92 Å². The van der Waals surface area contributed by atoms with Gasteiger partial charge in [0.05, 0.1) is 6.42 Å². The summed E-state index contributed by atoms with van der Waals surface area (Å²) >= 11 is 0. The van der Waals surface area contributed by atoms with Gasteiger partial charge < -0.3 is 15.5 Å². The molecule has 0 radical (unpaired) electrons. The number of phenols is 1. The third-order valence-electron chi connectivity index (χ3n) is 3.52. The van der Waals surface area contributed by atoms with Crippen LogP contribution in [-0.4, -0.2) is 28.6 Å². The van der Waals surface area contributed by atoms with Gasteiger partial charge in [-0.3, -0.25) is 9.59 Å². The lowest BCUT2D eigenvalue weighted by atomic mass is 9.96.